The summed E-state index contributed by atoms with van der Waals surface area (Å²) in [4.78, 5) is 14.9. The number of hydrogen-bond donors (Lipinski definition) is 0. The minimum absolute atomic E-state index is 0.0562. The molecule has 132 valence electrons. The van der Waals surface area contributed by atoms with E-state index >= 15 is 0 Å². The van der Waals surface area contributed by atoms with Crippen molar-refractivity contribution in [1.82, 2.24) is 14.7 Å². The molecule has 1 fully saturated rings. The van der Waals surface area contributed by atoms with Crippen molar-refractivity contribution >= 4 is 12.0 Å². The fraction of sp³-hybridized carbons (Fsp3) is 0.500. The fourth-order valence-corrected chi connectivity index (χ4v) is 4.22. The summed E-state index contributed by atoms with van der Waals surface area (Å²) in [5.74, 6) is 0.763. The number of carbonyl (C=O) groups is 1. The highest BCUT2D eigenvalue weighted by Gasteiger charge is 2.29. The average Bonchev–Trinajstić information content (AvgIpc) is 3.37. The molecule has 0 N–H and O–H groups in total. The molecule has 0 bridgehead atoms. The van der Waals surface area contributed by atoms with Crippen LogP contribution in [0.25, 0.3) is 6.08 Å². The van der Waals surface area contributed by atoms with Crippen molar-refractivity contribution in [3.8, 4) is 0 Å². The second kappa shape index (κ2) is 6.90. The molecule has 0 aliphatic heterocycles. The monoisotopic (exact) mass is 339 g/mol. The van der Waals surface area contributed by atoms with Crippen molar-refractivity contribution in [2.24, 2.45) is 7.05 Å². The highest BCUT2D eigenvalue weighted by atomic mass is 16.3. The van der Waals surface area contributed by atoms with E-state index in [1.165, 1.54) is 30.5 Å². The summed E-state index contributed by atoms with van der Waals surface area (Å²) >= 11 is 0. The summed E-state index contributed by atoms with van der Waals surface area (Å²) in [6, 6.07) is 4.01. The Morgan fingerprint density at radius 2 is 2.20 bits per heavy atom. The van der Waals surface area contributed by atoms with E-state index in [0.717, 1.165) is 31.4 Å². The quantitative estimate of drug-likeness (QED) is 0.784. The van der Waals surface area contributed by atoms with Crippen LogP contribution in [0.15, 0.2) is 28.9 Å². The first-order valence-corrected chi connectivity index (χ1v) is 9.28. The molecule has 2 heterocycles. The van der Waals surface area contributed by atoms with Gasteiger partial charge in [-0.3, -0.25) is 9.48 Å². The van der Waals surface area contributed by atoms with Crippen molar-refractivity contribution in [3.63, 3.8) is 0 Å². The van der Waals surface area contributed by atoms with Crippen LogP contribution in [0.1, 0.15) is 54.8 Å². The van der Waals surface area contributed by atoms with Crippen LogP contribution < -0.4 is 0 Å². The Kier molecular flexibility index (Phi) is 4.47. The smallest absolute Gasteiger partial charge is 0.247 e. The van der Waals surface area contributed by atoms with Gasteiger partial charge in [-0.1, -0.05) is 12.8 Å². The molecule has 0 saturated heterocycles. The Morgan fingerprint density at radius 1 is 1.36 bits per heavy atom. The summed E-state index contributed by atoms with van der Waals surface area (Å²) < 4.78 is 7.31. The molecule has 0 radical (unpaired) electrons. The number of aromatic nitrogens is 2. The zero-order valence-electron chi connectivity index (χ0n) is 14.8. The van der Waals surface area contributed by atoms with Gasteiger partial charge in [0.15, 0.2) is 0 Å². The number of amides is 1. The van der Waals surface area contributed by atoms with Gasteiger partial charge in [0.25, 0.3) is 0 Å². The van der Waals surface area contributed by atoms with E-state index in [9.17, 15) is 4.79 Å². The largest absolute Gasteiger partial charge is 0.465 e. The van der Waals surface area contributed by atoms with E-state index in [0.29, 0.717) is 18.3 Å². The zero-order valence-corrected chi connectivity index (χ0v) is 14.8. The van der Waals surface area contributed by atoms with Crippen LogP contribution in [0.4, 0.5) is 0 Å². The predicted octanol–water partition coefficient (Wildman–Crippen LogP) is 3.49. The summed E-state index contributed by atoms with van der Waals surface area (Å²) in [6.45, 7) is 0.620. The third-order valence-corrected chi connectivity index (χ3v) is 5.50. The summed E-state index contributed by atoms with van der Waals surface area (Å²) in [6.07, 6.45) is 13.0. The van der Waals surface area contributed by atoms with Gasteiger partial charge in [0, 0.05) is 24.9 Å². The van der Waals surface area contributed by atoms with Gasteiger partial charge in [0.2, 0.25) is 5.91 Å². The van der Waals surface area contributed by atoms with E-state index in [1.54, 1.807) is 18.4 Å². The first-order chi connectivity index (χ1) is 12.2. The molecule has 5 heteroatoms. The highest BCUT2D eigenvalue weighted by Crippen LogP contribution is 2.29. The molecule has 1 amide bonds. The van der Waals surface area contributed by atoms with Gasteiger partial charge in [0.1, 0.15) is 5.76 Å². The predicted molar refractivity (Wildman–Crippen MR) is 95.8 cm³/mol. The second-order valence-electron chi connectivity index (χ2n) is 7.10. The van der Waals surface area contributed by atoms with Crippen LogP contribution in [-0.4, -0.2) is 26.6 Å². The molecule has 1 saturated carbocycles. The zero-order chi connectivity index (χ0) is 17.2. The number of hydrogen-bond acceptors (Lipinski definition) is 3. The molecule has 0 unspecified atom stereocenters. The van der Waals surface area contributed by atoms with Gasteiger partial charge in [-0.25, -0.2) is 0 Å². The van der Waals surface area contributed by atoms with Gasteiger partial charge in [-0.05, 0) is 55.9 Å². The molecule has 0 aromatic carbocycles. The minimum Gasteiger partial charge on any atom is -0.465 e. The average molecular weight is 339 g/mol. The lowest BCUT2D eigenvalue weighted by atomic mass is 10.1. The first-order valence-electron chi connectivity index (χ1n) is 9.28. The van der Waals surface area contributed by atoms with Crippen LogP contribution in [0.3, 0.4) is 0 Å². The van der Waals surface area contributed by atoms with Crippen LogP contribution in [0.5, 0.6) is 0 Å². The molecule has 5 nitrogen and oxygen atoms in total. The van der Waals surface area contributed by atoms with Crippen LogP contribution in [0, 0.1) is 0 Å². The molecule has 2 aromatic heterocycles. The van der Waals surface area contributed by atoms with Gasteiger partial charge < -0.3 is 9.32 Å². The minimum atomic E-state index is 0.0562. The molecular weight excluding hydrogens is 314 g/mol. The van der Waals surface area contributed by atoms with Crippen molar-refractivity contribution in [2.75, 3.05) is 0 Å². The molecule has 0 spiro atoms. The second-order valence-corrected chi connectivity index (χ2v) is 7.10. The maximum Gasteiger partial charge on any atom is 0.247 e. The van der Waals surface area contributed by atoms with Crippen LogP contribution in [-0.2, 0) is 31.2 Å². The molecule has 4 rings (SSSR count). The lowest BCUT2D eigenvalue weighted by molar-refractivity contribution is -0.128. The maximum atomic E-state index is 12.9. The number of fused-ring (bicyclic) bond motifs is 1. The van der Waals surface area contributed by atoms with Crippen molar-refractivity contribution in [2.45, 2.75) is 57.5 Å². The van der Waals surface area contributed by atoms with E-state index in [1.807, 2.05) is 28.8 Å². The maximum absolute atomic E-state index is 12.9. The molecule has 2 aliphatic rings. The van der Waals surface area contributed by atoms with Gasteiger partial charge in [-0.2, -0.15) is 5.10 Å². The van der Waals surface area contributed by atoms with Crippen molar-refractivity contribution < 1.29 is 9.21 Å². The van der Waals surface area contributed by atoms with Crippen molar-refractivity contribution in [1.29, 1.82) is 0 Å². The summed E-state index contributed by atoms with van der Waals surface area (Å²) in [5, 5.41) is 4.72. The standard InChI is InChI=1S/C20H25N3O2/c1-22-19-10-4-9-17(19)18(21-22)14-23(15-6-2-3-7-15)20(24)12-11-16-8-5-13-25-16/h5,8,11-13,15H,2-4,6-7,9-10,14H2,1H3/b12-11+. The van der Waals surface area contributed by atoms with Gasteiger partial charge in [0.05, 0.1) is 18.5 Å². The Bertz CT molecular complexity index is 767. The molecule has 25 heavy (non-hydrogen) atoms. The third kappa shape index (κ3) is 3.28. The number of aryl methyl sites for hydroxylation is 1. The lowest BCUT2D eigenvalue weighted by Gasteiger charge is -2.27. The molecular formula is C20H25N3O2. The number of rotatable bonds is 5. The molecule has 2 aromatic rings. The Labute approximate surface area is 148 Å². The number of carbonyl (C=O) groups excluding carboxylic acids is 1. The Hall–Kier alpha value is -2.30. The number of nitrogens with zero attached hydrogens (tertiary/aromatic N) is 3. The highest BCUT2D eigenvalue weighted by molar-refractivity contribution is 5.91. The van der Waals surface area contributed by atoms with Crippen LogP contribution >= 0.6 is 0 Å². The van der Waals surface area contributed by atoms with E-state index < -0.39 is 0 Å². The van der Waals surface area contributed by atoms with Crippen molar-refractivity contribution in [3.05, 3.63) is 47.2 Å². The van der Waals surface area contributed by atoms with E-state index in [2.05, 4.69) is 0 Å². The normalized spacial score (nSPS) is 17.5. The van der Waals surface area contributed by atoms with Gasteiger partial charge in [-0.15, -0.1) is 0 Å². The molecule has 0 atom stereocenters. The fourth-order valence-electron chi connectivity index (χ4n) is 4.22. The Balaban J connectivity index is 1.56. The van der Waals surface area contributed by atoms with E-state index in [-0.39, 0.29) is 5.91 Å². The Morgan fingerprint density at radius 3 is 2.96 bits per heavy atom. The van der Waals surface area contributed by atoms with Gasteiger partial charge >= 0.3 is 0 Å². The third-order valence-electron chi connectivity index (χ3n) is 5.50. The lowest BCUT2D eigenvalue weighted by Crippen LogP contribution is -2.37. The SMILES string of the molecule is Cn1nc(CN(C(=O)/C=C/c2ccco2)C2CCCC2)c2c1CCC2. The van der Waals surface area contributed by atoms with Crippen LogP contribution in [0.2, 0.25) is 0 Å². The number of furan rings is 1. The first kappa shape index (κ1) is 16.2. The summed E-state index contributed by atoms with van der Waals surface area (Å²) in [5.41, 5.74) is 3.80. The topological polar surface area (TPSA) is 51.3 Å². The molecule has 2 aliphatic carbocycles. The van der Waals surface area contributed by atoms with E-state index in [4.69, 9.17) is 9.52 Å². The summed E-state index contributed by atoms with van der Waals surface area (Å²) in [7, 11) is 2.02.